The number of fused-ring (bicyclic) bond motifs is 1. The minimum Gasteiger partial charge on any atom is -0.342 e. The molecule has 1 amide bonds. The van der Waals surface area contributed by atoms with E-state index in [0.717, 1.165) is 49.2 Å². The van der Waals surface area contributed by atoms with Crippen molar-refractivity contribution >= 4 is 21.8 Å². The Labute approximate surface area is 135 Å². The number of rotatable bonds is 3. The molecule has 1 aromatic heterocycles. The van der Waals surface area contributed by atoms with Gasteiger partial charge in [-0.3, -0.25) is 9.69 Å². The minimum atomic E-state index is 0.197. The van der Waals surface area contributed by atoms with E-state index in [1.165, 1.54) is 19.4 Å². The Hall–Kier alpha value is -0.810. The first-order valence-corrected chi connectivity index (χ1v) is 8.87. The highest BCUT2D eigenvalue weighted by Crippen LogP contribution is 2.23. The van der Waals surface area contributed by atoms with Crippen molar-refractivity contribution in [1.29, 1.82) is 0 Å². The van der Waals surface area contributed by atoms with Crippen LogP contribution in [0.15, 0.2) is 16.7 Å². The number of halogens is 1. The third-order valence-electron chi connectivity index (χ3n) is 4.64. The van der Waals surface area contributed by atoms with Crippen LogP contribution in [-0.2, 0) is 6.54 Å². The van der Waals surface area contributed by atoms with Crippen molar-refractivity contribution in [3.63, 3.8) is 0 Å². The third kappa shape index (κ3) is 3.19. The SMILES string of the molecule is CCCn1cc(Br)cc1C(=O)N1CCCN2CCCC2C1. The maximum atomic E-state index is 12.9. The summed E-state index contributed by atoms with van der Waals surface area (Å²) in [6.07, 6.45) is 6.68. The Morgan fingerprint density at radius 2 is 2.14 bits per heavy atom. The average Bonchev–Trinajstić information content (AvgIpc) is 2.99. The molecule has 3 heterocycles. The molecule has 0 spiro atoms. The predicted molar refractivity (Wildman–Crippen MR) is 87.5 cm³/mol. The number of amides is 1. The number of hydrogen-bond donors (Lipinski definition) is 0. The summed E-state index contributed by atoms with van der Waals surface area (Å²) < 4.78 is 3.08. The maximum absolute atomic E-state index is 12.9. The van der Waals surface area contributed by atoms with Gasteiger partial charge in [0, 0.05) is 42.9 Å². The summed E-state index contributed by atoms with van der Waals surface area (Å²) in [5, 5.41) is 0. The van der Waals surface area contributed by atoms with E-state index in [9.17, 15) is 4.79 Å². The van der Waals surface area contributed by atoms with Crippen molar-refractivity contribution in [2.24, 2.45) is 0 Å². The van der Waals surface area contributed by atoms with E-state index in [1.807, 2.05) is 12.3 Å². The van der Waals surface area contributed by atoms with Crippen molar-refractivity contribution in [1.82, 2.24) is 14.4 Å². The Kier molecular flexibility index (Phi) is 4.69. The fourth-order valence-corrected chi connectivity index (χ4v) is 4.10. The van der Waals surface area contributed by atoms with Crippen LogP contribution in [0.5, 0.6) is 0 Å². The zero-order valence-electron chi connectivity index (χ0n) is 12.7. The summed E-state index contributed by atoms with van der Waals surface area (Å²) in [6, 6.07) is 2.55. The lowest BCUT2D eigenvalue weighted by molar-refractivity contribution is 0.0732. The number of nitrogens with zero attached hydrogens (tertiary/aromatic N) is 3. The van der Waals surface area contributed by atoms with E-state index in [1.54, 1.807) is 0 Å². The average molecular weight is 354 g/mol. The summed E-state index contributed by atoms with van der Waals surface area (Å²) in [5.41, 5.74) is 0.829. The minimum absolute atomic E-state index is 0.197. The molecule has 2 saturated heterocycles. The van der Waals surface area contributed by atoms with Gasteiger partial charge in [-0.05, 0) is 54.2 Å². The molecular weight excluding hydrogens is 330 g/mol. The van der Waals surface area contributed by atoms with Gasteiger partial charge >= 0.3 is 0 Å². The van der Waals surface area contributed by atoms with Crippen molar-refractivity contribution in [3.8, 4) is 0 Å². The Balaban J connectivity index is 1.77. The molecule has 2 aliphatic heterocycles. The van der Waals surface area contributed by atoms with E-state index < -0.39 is 0 Å². The van der Waals surface area contributed by atoms with Crippen LogP contribution >= 0.6 is 15.9 Å². The van der Waals surface area contributed by atoms with Gasteiger partial charge in [-0.1, -0.05) is 6.92 Å². The van der Waals surface area contributed by atoms with Crippen LogP contribution in [0, 0.1) is 0 Å². The topological polar surface area (TPSA) is 28.5 Å². The molecule has 1 atom stereocenters. The van der Waals surface area contributed by atoms with Crippen LogP contribution in [0.25, 0.3) is 0 Å². The van der Waals surface area contributed by atoms with Crippen molar-refractivity contribution < 1.29 is 4.79 Å². The standard InChI is InChI=1S/C16H24BrN3O/c1-2-6-19-11-13(17)10-15(19)16(21)20-9-4-8-18-7-3-5-14(18)12-20/h10-11,14H,2-9,12H2,1H3. The predicted octanol–water partition coefficient (Wildman–Crippen LogP) is 2.97. The number of carbonyl (C=O) groups is 1. The molecule has 1 unspecified atom stereocenters. The molecule has 4 nitrogen and oxygen atoms in total. The maximum Gasteiger partial charge on any atom is 0.270 e. The molecule has 21 heavy (non-hydrogen) atoms. The monoisotopic (exact) mass is 353 g/mol. The number of aryl methyl sites for hydroxylation is 1. The van der Waals surface area contributed by atoms with Crippen LogP contribution in [0.2, 0.25) is 0 Å². The Morgan fingerprint density at radius 1 is 1.33 bits per heavy atom. The molecule has 0 aromatic carbocycles. The molecule has 2 fully saturated rings. The second-order valence-electron chi connectivity index (χ2n) is 6.17. The van der Waals surface area contributed by atoms with Crippen molar-refractivity contribution in [2.45, 2.75) is 45.2 Å². The molecule has 0 bridgehead atoms. The quantitative estimate of drug-likeness (QED) is 0.835. The van der Waals surface area contributed by atoms with Crippen LogP contribution in [0.1, 0.15) is 43.1 Å². The van der Waals surface area contributed by atoms with Gasteiger partial charge in [-0.2, -0.15) is 0 Å². The number of aromatic nitrogens is 1. The second-order valence-corrected chi connectivity index (χ2v) is 7.09. The van der Waals surface area contributed by atoms with Gasteiger partial charge in [0.05, 0.1) is 0 Å². The summed E-state index contributed by atoms with van der Waals surface area (Å²) in [5.74, 6) is 0.197. The lowest BCUT2D eigenvalue weighted by Gasteiger charge is -2.26. The first-order valence-electron chi connectivity index (χ1n) is 8.08. The molecule has 0 aliphatic carbocycles. The van der Waals surface area contributed by atoms with Gasteiger partial charge < -0.3 is 9.47 Å². The highest BCUT2D eigenvalue weighted by atomic mass is 79.9. The zero-order chi connectivity index (χ0) is 14.8. The lowest BCUT2D eigenvalue weighted by Crippen LogP contribution is -2.40. The van der Waals surface area contributed by atoms with Crippen LogP contribution in [0.4, 0.5) is 0 Å². The van der Waals surface area contributed by atoms with E-state index in [-0.39, 0.29) is 5.91 Å². The van der Waals surface area contributed by atoms with Gasteiger partial charge in [0.25, 0.3) is 5.91 Å². The van der Waals surface area contributed by atoms with Crippen molar-refractivity contribution in [3.05, 3.63) is 22.4 Å². The molecule has 0 saturated carbocycles. The summed E-state index contributed by atoms with van der Waals surface area (Å²) in [4.78, 5) is 17.6. The van der Waals surface area contributed by atoms with Crippen LogP contribution in [0.3, 0.4) is 0 Å². The second kappa shape index (κ2) is 6.53. The van der Waals surface area contributed by atoms with Crippen molar-refractivity contribution in [2.75, 3.05) is 26.2 Å². The van der Waals surface area contributed by atoms with Gasteiger partial charge in [-0.15, -0.1) is 0 Å². The van der Waals surface area contributed by atoms with E-state index in [4.69, 9.17) is 0 Å². The molecule has 116 valence electrons. The van der Waals surface area contributed by atoms with Crippen LogP contribution < -0.4 is 0 Å². The molecule has 0 N–H and O–H groups in total. The Morgan fingerprint density at radius 3 is 2.95 bits per heavy atom. The highest BCUT2D eigenvalue weighted by molar-refractivity contribution is 9.10. The molecule has 3 rings (SSSR count). The normalized spacial score (nSPS) is 23.1. The van der Waals surface area contributed by atoms with E-state index in [2.05, 4.69) is 37.2 Å². The molecular formula is C16H24BrN3O. The molecule has 2 aliphatic rings. The zero-order valence-corrected chi connectivity index (χ0v) is 14.3. The fourth-order valence-electron chi connectivity index (χ4n) is 3.63. The summed E-state index contributed by atoms with van der Waals surface area (Å²) in [6.45, 7) is 7.19. The van der Waals surface area contributed by atoms with Gasteiger partial charge in [0.15, 0.2) is 0 Å². The van der Waals surface area contributed by atoms with Gasteiger partial charge in [0.1, 0.15) is 5.69 Å². The fraction of sp³-hybridized carbons (Fsp3) is 0.688. The van der Waals surface area contributed by atoms with Crippen LogP contribution in [-0.4, -0.2) is 52.5 Å². The lowest BCUT2D eigenvalue weighted by atomic mass is 10.2. The number of carbonyl (C=O) groups excluding carboxylic acids is 1. The first-order chi connectivity index (χ1) is 10.2. The van der Waals surface area contributed by atoms with Gasteiger partial charge in [0.2, 0.25) is 0 Å². The van der Waals surface area contributed by atoms with Gasteiger partial charge in [-0.25, -0.2) is 0 Å². The summed E-state index contributed by atoms with van der Waals surface area (Å²) >= 11 is 3.51. The summed E-state index contributed by atoms with van der Waals surface area (Å²) in [7, 11) is 0. The molecule has 1 aromatic rings. The number of hydrogen-bond acceptors (Lipinski definition) is 2. The van der Waals surface area contributed by atoms with E-state index >= 15 is 0 Å². The molecule has 0 radical (unpaired) electrons. The molecule has 5 heteroatoms. The largest absolute Gasteiger partial charge is 0.342 e. The third-order valence-corrected chi connectivity index (χ3v) is 5.07. The smallest absolute Gasteiger partial charge is 0.270 e. The Bertz CT molecular complexity index is 514. The highest BCUT2D eigenvalue weighted by Gasteiger charge is 2.31. The first kappa shape index (κ1) is 15.1. The van der Waals surface area contributed by atoms with E-state index in [0.29, 0.717) is 6.04 Å².